The molecular weight excluding hydrogens is 218 g/mol. The third kappa shape index (κ3) is 5.02. The summed E-state index contributed by atoms with van der Waals surface area (Å²) in [5.74, 6) is 0.767. The number of ether oxygens (including phenoxy) is 1. The van der Waals surface area contributed by atoms with Crippen molar-refractivity contribution in [2.75, 3.05) is 53.5 Å². The molecule has 1 heterocycles. The summed E-state index contributed by atoms with van der Waals surface area (Å²) in [6.07, 6.45) is 0. The van der Waals surface area contributed by atoms with Gasteiger partial charge in [-0.3, -0.25) is 4.79 Å². The molecule has 1 saturated heterocycles. The van der Waals surface area contributed by atoms with Crippen molar-refractivity contribution in [2.45, 2.75) is 6.92 Å². The van der Waals surface area contributed by atoms with Gasteiger partial charge in [0.05, 0.1) is 12.5 Å². The molecule has 2 atom stereocenters. The van der Waals surface area contributed by atoms with E-state index in [4.69, 9.17) is 4.74 Å². The molecule has 0 bridgehead atoms. The monoisotopic (exact) mass is 243 g/mol. The summed E-state index contributed by atoms with van der Waals surface area (Å²) in [6, 6.07) is 0. The predicted molar refractivity (Wildman–Crippen MR) is 67.9 cm³/mol. The maximum atomic E-state index is 11.9. The molecule has 17 heavy (non-hydrogen) atoms. The minimum Gasteiger partial charge on any atom is -0.383 e. The Morgan fingerprint density at radius 3 is 2.82 bits per heavy atom. The fourth-order valence-corrected chi connectivity index (χ4v) is 2.02. The van der Waals surface area contributed by atoms with Gasteiger partial charge < -0.3 is 20.3 Å². The summed E-state index contributed by atoms with van der Waals surface area (Å²) in [6.45, 7) is 7.08. The zero-order valence-electron chi connectivity index (χ0n) is 11.2. The van der Waals surface area contributed by atoms with Crippen LogP contribution in [0.4, 0.5) is 0 Å². The van der Waals surface area contributed by atoms with E-state index in [2.05, 4.69) is 22.5 Å². The fourth-order valence-electron chi connectivity index (χ4n) is 2.02. The standard InChI is InChI=1S/C12H25N3O2/c1-10-8-13-9-11(10)12(16)14-4-5-15(2)6-7-17-3/h10-11,13H,4-9H2,1-3H3,(H,14,16)/t10-,11-/m1/s1. The van der Waals surface area contributed by atoms with Crippen LogP contribution >= 0.6 is 0 Å². The van der Waals surface area contributed by atoms with E-state index >= 15 is 0 Å². The van der Waals surface area contributed by atoms with Crippen molar-refractivity contribution in [3.8, 4) is 0 Å². The number of methoxy groups -OCH3 is 1. The van der Waals surface area contributed by atoms with Gasteiger partial charge in [-0.05, 0) is 19.5 Å². The van der Waals surface area contributed by atoms with Crippen LogP contribution in [0.3, 0.4) is 0 Å². The normalized spacial score (nSPS) is 24.2. The summed E-state index contributed by atoms with van der Waals surface area (Å²) in [5, 5.41) is 6.24. The van der Waals surface area contributed by atoms with Crippen LogP contribution < -0.4 is 10.6 Å². The first kappa shape index (κ1) is 14.4. The number of amides is 1. The van der Waals surface area contributed by atoms with Gasteiger partial charge in [-0.15, -0.1) is 0 Å². The minimum atomic E-state index is 0.138. The molecule has 0 aromatic heterocycles. The average Bonchev–Trinajstić information content (AvgIpc) is 2.72. The highest BCUT2D eigenvalue weighted by Gasteiger charge is 2.28. The zero-order chi connectivity index (χ0) is 12.7. The van der Waals surface area contributed by atoms with Crippen LogP contribution in [-0.4, -0.2) is 64.3 Å². The maximum absolute atomic E-state index is 11.9. The number of likely N-dealkylation sites (N-methyl/N-ethyl adjacent to an activating group) is 1. The molecule has 0 unspecified atom stereocenters. The summed E-state index contributed by atoms with van der Waals surface area (Å²) < 4.78 is 5.00. The van der Waals surface area contributed by atoms with Gasteiger partial charge in [0.15, 0.2) is 0 Å². The lowest BCUT2D eigenvalue weighted by Gasteiger charge is -2.18. The van der Waals surface area contributed by atoms with Crippen molar-refractivity contribution in [3.63, 3.8) is 0 Å². The molecule has 2 N–H and O–H groups in total. The highest BCUT2D eigenvalue weighted by atomic mass is 16.5. The van der Waals surface area contributed by atoms with Gasteiger partial charge >= 0.3 is 0 Å². The van der Waals surface area contributed by atoms with Crippen molar-refractivity contribution in [1.82, 2.24) is 15.5 Å². The average molecular weight is 243 g/mol. The summed E-state index contributed by atoms with van der Waals surface area (Å²) in [4.78, 5) is 14.0. The van der Waals surface area contributed by atoms with Crippen molar-refractivity contribution in [3.05, 3.63) is 0 Å². The Balaban J connectivity index is 2.11. The maximum Gasteiger partial charge on any atom is 0.224 e. The second-order valence-corrected chi connectivity index (χ2v) is 4.83. The summed E-state index contributed by atoms with van der Waals surface area (Å²) >= 11 is 0. The molecule has 0 radical (unpaired) electrons. The molecule has 1 aliphatic heterocycles. The van der Waals surface area contributed by atoms with Crippen LogP contribution in [0.2, 0.25) is 0 Å². The van der Waals surface area contributed by atoms with Gasteiger partial charge in [0.1, 0.15) is 0 Å². The first-order valence-corrected chi connectivity index (χ1v) is 6.31. The van der Waals surface area contributed by atoms with Crippen LogP contribution in [0.25, 0.3) is 0 Å². The van der Waals surface area contributed by atoms with Crippen LogP contribution in [0.1, 0.15) is 6.92 Å². The van der Waals surface area contributed by atoms with E-state index in [1.165, 1.54) is 0 Å². The quantitative estimate of drug-likeness (QED) is 0.635. The number of carbonyl (C=O) groups excluding carboxylic acids is 1. The zero-order valence-corrected chi connectivity index (χ0v) is 11.2. The molecular formula is C12H25N3O2. The van der Waals surface area contributed by atoms with Gasteiger partial charge in [0.25, 0.3) is 0 Å². The Labute approximate surface area is 104 Å². The number of nitrogens with zero attached hydrogens (tertiary/aromatic N) is 1. The number of rotatable bonds is 7. The van der Waals surface area contributed by atoms with Crippen LogP contribution in [0.5, 0.6) is 0 Å². The van der Waals surface area contributed by atoms with Gasteiger partial charge in [-0.1, -0.05) is 6.92 Å². The lowest BCUT2D eigenvalue weighted by molar-refractivity contribution is -0.125. The SMILES string of the molecule is COCCN(C)CCNC(=O)[C@@H]1CNC[C@H]1C. The van der Waals surface area contributed by atoms with Crippen LogP contribution in [0, 0.1) is 11.8 Å². The van der Waals surface area contributed by atoms with Crippen molar-refractivity contribution in [2.24, 2.45) is 11.8 Å². The number of carbonyl (C=O) groups is 1. The van der Waals surface area contributed by atoms with Gasteiger partial charge in [-0.2, -0.15) is 0 Å². The first-order valence-electron chi connectivity index (χ1n) is 6.31. The van der Waals surface area contributed by atoms with Gasteiger partial charge in [-0.25, -0.2) is 0 Å². The van der Waals surface area contributed by atoms with E-state index in [9.17, 15) is 4.79 Å². The lowest BCUT2D eigenvalue weighted by Crippen LogP contribution is -2.39. The molecule has 1 aliphatic rings. The molecule has 5 heteroatoms. The van der Waals surface area contributed by atoms with Crippen LogP contribution in [0.15, 0.2) is 0 Å². The summed E-state index contributed by atoms with van der Waals surface area (Å²) in [7, 11) is 3.73. The molecule has 5 nitrogen and oxygen atoms in total. The van der Waals surface area contributed by atoms with Crippen molar-refractivity contribution < 1.29 is 9.53 Å². The summed E-state index contributed by atoms with van der Waals surface area (Å²) in [5.41, 5.74) is 0. The van der Waals surface area contributed by atoms with Gasteiger partial charge in [0.2, 0.25) is 5.91 Å². The number of nitrogens with one attached hydrogen (secondary N) is 2. The molecule has 0 aliphatic carbocycles. The third-order valence-corrected chi connectivity index (χ3v) is 3.32. The van der Waals surface area contributed by atoms with E-state index in [-0.39, 0.29) is 11.8 Å². The molecule has 0 spiro atoms. The first-order chi connectivity index (χ1) is 8.15. The fraction of sp³-hybridized carbons (Fsp3) is 0.917. The number of hydrogen-bond acceptors (Lipinski definition) is 4. The third-order valence-electron chi connectivity index (χ3n) is 3.32. The lowest BCUT2D eigenvalue weighted by atomic mass is 9.97. The molecule has 1 rings (SSSR count). The predicted octanol–water partition coefficient (Wildman–Crippen LogP) is -0.464. The molecule has 0 saturated carbocycles. The molecule has 0 aromatic carbocycles. The Hall–Kier alpha value is -0.650. The van der Waals surface area contributed by atoms with Gasteiger partial charge in [0, 0.05) is 33.3 Å². The topological polar surface area (TPSA) is 53.6 Å². The highest BCUT2D eigenvalue weighted by molar-refractivity contribution is 5.79. The second kappa shape index (κ2) is 7.63. The van der Waals surface area contributed by atoms with E-state index in [0.29, 0.717) is 12.5 Å². The molecule has 1 amide bonds. The van der Waals surface area contributed by atoms with E-state index in [0.717, 1.165) is 32.8 Å². The molecule has 1 fully saturated rings. The van der Waals surface area contributed by atoms with E-state index in [1.807, 2.05) is 7.05 Å². The highest BCUT2D eigenvalue weighted by Crippen LogP contribution is 2.15. The Morgan fingerprint density at radius 2 is 2.24 bits per heavy atom. The number of hydrogen-bond donors (Lipinski definition) is 2. The Kier molecular flexibility index (Phi) is 6.47. The minimum absolute atomic E-state index is 0.138. The Morgan fingerprint density at radius 1 is 1.47 bits per heavy atom. The van der Waals surface area contributed by atoms with Crippen LogP contribution in [-0.2, 0) is 9.53 Å². The van der Waals surface area contributed by atoms with E-state index < -0.39 is 0 Å². The second-order valence-electron chi connectivity index (χ2n) is 4.83. The molecule has 0 aromatic rings. The van der Waals surface area contributed by atoms with Crippen molar-refractivity contribution in [1.29, 1.82) is 0 Å². The van der Waals surface area contributed by atoms with Crippen molar-refractivity contribution >= 4 is 5.91 Å². The Bertz CT molecular complexity index is 236. The largest absolute Gasteiger partial charge is 0.383 e. The smallest absolute Gasteiger partial charge is 0.224 e. The van der Waals surface area contributed by atoms with E-state index in [1.54, 1.807) is 7.11 Å². The molecule has 100 valence electrons.